The molecule has 5 rings (SSSR count). The van der Waals surface area contributed by atoms with E-state index in [0.29, 0.717) is 20.5 Å². The molecule has 0 fully saturated rings. The average molecular weight is 495 g/mol. The average Bonchev–Trinajstić information content (AvgIpc) is 3.34. The predicted octanol–water partition coefficient (Wildman–Crippen LogP) is 9.08. The van der Waals surface area contributed by atoms with Crippen molar-refractivity contribution in [3.05, 3.63) is 81.5 Å². The molecule has 0 radical (unpaired) electrons. The summed E-state index contributed by atoms with van der Waals surface area (Å²) in [6.07, 6.45) is 0. The largest absolute Gasteiger partial charge is 0.380 e. The normalized spacial score (nSPS) is 18.9. The van der Waals surface area contributed by atoms with E-state index in [1.165, 1.54) is 19.9 Å². The van der Waals surface area contributed by atoms with Gasteiger partial charge in [-0.1, -0.05) is 48.5 Å². The third-order valence-corrected chi connectivity index (χ3v) is 8.37. The molecule has 8 heteroatoms. The summed E-state index contributed by atoms with van der Waals surface area (Å²) in [5, 5.41) is 0.575. The van der Waals surface area contributed by atoms with Crippen LogP contribution in [0.4, 0.5) is 26.3 Å². The number of hydrogen-bond acceptors (Lipinski definition) is 2. The Hall–Kier alpha value is -2.58. The van der Waals surface area contributed by atoms with Crippen molar-refractivity contribution in [1.29, 1.82) is 0 Å². The molecular formula is C25H16F6S2. The van der Waals surface area contributed by atoms with Crippen LogP contribution in [0.3, 0.4) is 0 Å². The number of alkyl halides is 6. The third-order valence-electron chi connectivity index (χ3n) is 5.98. The molecule has 4 aromatic rings. The summed E-state index contributed by atoms with van der Waals surface area (Å²) in [6.45, 7) is 2.98. The Morgan fingerprint density at radius 2 is 1.30 bits per heavy atom. The van der Waals surface area contributed by atoms with Gasteiger partial charge in [0.1, 0.15) is 0 Å². The first-order valence-electron chi connectivity index (χ1n) is 10.0. The summed E-state index contributed by atoms with van der Waals surface area (Å²) in [7, 11) is 0. The van der Waals surface area contributed by atoms with E-state index >= 15 is 17.6 Å². The Morgan fingerprint density at radius 3 is 1.97 bits per heavy atom. The fraction of sp³-hybridized carbons (Fsp3) is 0.200. The van der Waals surface area contributed by atoms with Crippen molar-refractivity contribution in [1.82, 2.24) is 0 Å². The van der Waals surface area contributed by atoms with Crippen molar-refractivity contribution < 1.29 is 26.3 Å². The Balaban J connectivity index is 1.85. The van der Waals surface area contributed by atoms with Gasteiger partial charge in [-0.05, 0) is 48.1 Å². The van der Waals surface area contributed by atoms with Crippen LogP contribution in [0.5, 0.6) is 0 Å². The molecule has 1 aliphatic rings. The van der Waals surface area contributed by atoms with Crippen molar-refractivity contribution >= 4 is 43.9 Å². The van der Waals surface area contributed by atoms with E-state index in [1.54, 1.807) is 54.6 Å². The molecule has 0 amide bonds. The molecule has 0 bridgehead atoms. The smallest absolute Gasteiger partial charge is 0.194 e. The van der Waals surface area contributed by atoms with Crippen LogP contribution in [-0.4, -0.2) is 17.8 Å². The summed E-state index contributed by atoms with van der Waals surface area (Å²) < 4.78 is 90.7. The summed E-state index contributed by atoms with van der Waals surface area (Å²) in [4.78, 5) is 0.575. The highest BCUT2D eigenvalue weighted by molar-refractivity contribution is 7.20. The maximum absolute atomic E-state index is 15.2. The summed E-state index contributed by atoms with van der Waals surface area (Å²) in [5.74, 6) is -15.7. The Morgan fingerprint density at radius 1 is 0.697 bits per heavy atom. The Bertz CT molecular complexity index is 1410. The highest BCUT2D eigenvalue weighted by atomic mass is 32.1. The Labute approximate surface area is 193 Å². The minimum atomic E-state index is -5.56. The second-order valence-corrected chi connectivity index (χ2v) is 10.3. The zero-order valence-electron chi connectivity index (χ0n) is 17.4. The van der Waals surface area contributed by atoms with Crippen molar-refractivity contribution in [3.8, 4) is 10.4 Å². The van der Waals surface area contributed by atoms with E-state index in [-0.39, 0.29) is 20.9 Å². The molecule has 33 heavy (non-hydrogen) atoms. The number of fused-ring (bicyclic) bond motifs is 1. The number of aryl methyl sites for hydroxylation is 2. The molecule has 0 saturated carbocycles. The topological polar surface area (TPSA) is 0 Å². The van der Waals surface area contributed by atoms with Gasteiger partial charge in [-0.25, -0.2) is 0 Å². The number of benzene rings is 2. The fourth-order valence-corrected chi connectivity index (χ4v) is 6.60. The first kappa shape index (κ1) is 22.2. The summed E-state index contributed by atoms with van der Waals surface area (Å²) in [5.41, 5.74) is -1.86. The molecule has 0 nitrogen and oxygen atoms in total. The standard InChI is InChI=1S/C25H16F6S2/c1-13-16-10-6-7-11-18(16)33-22(13)21-20(23(26,27)25(30,31)24(21,28)29)17-12-19(32-14(17)2)15-8-4-3-5-9-15/h3-12H,1-2H3. The highest BCUT2D eigenvalue weighted by Gasteiger charge is 2.80. The van der Waals surface area contributed by atoms with Gasteiger partial charge < -0.3 is 0 Å². The van der Waals surface area contributed by atoms with Gasteiger partial charge in [-0.2, -0.15) is 26.3 Å². The second kappa shape index (κ2) is 7.21. The molecular weight excluding hydrogens is 478 g/mol. The molecule has 0 atom stereocenters. The second-order valence-electron chi connectivity index (χ2n) is 7.97. The van der Waals surface area contributed by atoms with Gasteiger partial charge >= 0.3 is 17.8 Å². The molecule has 0 saturated heterocycles. The van der Waals surface area contributed by atoms with Crippen LogP contribution in [0.15, 0.2) is 60.7 Å². The number of allylic oxidation sites excluding steroid dienone is 2. The lowest BCUT2D eigenvalue weighted by molar-refractivity contribution is -0.254. The van der Waals surface area contributed by atoms with Gasteiger partial charge in [-0.3, -0.25) is 0 Å². The van der Waals surface area contributed by atoms with Crippen LogP contribution in [0.25, 0.3) is 31.7 Å². The first-order chi connectivity index (χ1) is 15.5. The zero-order valence-corrected chi connectivity index (χ0v) is 19.0. The number of rotatable bonds is 3. The summed E-state index contributed by atoms with van der Waals surface area (Å²) >= 11 is 1.94. The molecule has 0 spiro atoms. The van der Waals surface area contributed by atoms with Crippen LogP contribution in [0, 0.1) is 13.8 Å². The van der Waals surface area contributed by atoms with Gasteiger partial charge in [0, 0.05) is 24.9 Å². The van der Waals surface area contributed by atoms with Crippen molar-refractivity contribution in [3.63, 3.8) is 0 Å². The fourth-order valence-electron chi connectivity index (χ4n) is 4.27. The van der Waals surface area contributed by atoms with Crippen LogP contribution in [0.2, 0.25) is 0 Å². The maximum Gasteiger partial charge on any atom is 0.380 e. The molecule has 2 aromatic heterocycles. The number of halogens is 6. The molecule has 2 aromatic carbocycles. The van der Waals surface area contributed by atoms with Crippen molar-refractivity contribution in [2.45, 2.75) is 31.6 Å². The minimum absolute atomic E-state index is 0.236. The number of thiophene rings is 2. The van der Waals surface area contributed by atoms with Crippen LogP contribution >= 0.6 is 22.7 Å². The van der Waals surface area contributed by atoms with Crippen molar-refractivity contribution in [2.24, 2.45) is 0 Å². The van der Waals surface area contributed by atoms with Gasteiger partial charge in [0.15, 0.2) is 0 Å². The van der Waals surface area contributed by atoms with E-state index in [4.69, 9.17) is 0 Å². The van der Waals surface area contributed by atoms with E-state index in [1.807, 2.05) is 0 Å². The van der Waals surface area contributed by atoms with Crippen LogP contribution in [-0.2, 0) is 0 Å². The lowest BCUT2D eigenvalue weighted by Crippen LogP contribution is -2.48. The highest BCUT2D eigenvalue weighted by Crippen LogP contribution is 2.66. The van der Waals surface area contributed by atoms with Crippen molar-refractivity contribution in [2.75, 3.05) is 0 Å². The minimum Gasteiger partial charge on any atom is -0.194 e. The maximum atomic E-state index is 15.2. The van der Waals surface area contributed by atoms with E-state index in [0.717, 1.165) is 22.7 Å². The molecule has 0 N–H and O–H groups in total. The number of hydrogen-bond donors (Lipinski definition) is 0. The first-order valence-corrected chi connectivity index (χ1v) is 11.6. The van der Waals surface area contributed by atoms with Crippen LogP contribution in [0.1, 0.15) is 20.9 Å². The zero-order chi connectivity index (χ0) is 23.8. The van der Waals surface area contributed by atoms with E-state index in [2.05, 4.69) is 0 Å². The third kappa shape index (κ3) is 2.96. The molecule has 1 aliphatic carbocycles. The molecule has 0 aliphatic heterocycles. The van der Waals surface area contributed by atoms with Gasteiger partial charge in [-0.15, -0.1) is 22.7 Å². The monoisotopic (exact) mass is 494 g/mol. The Kier molecular flexibility index (Phi) is 4.85. The lowest BCUT2D eigenvalue weighted by Gasteiger charge is -2.25. The van der Waals surface area contributed by atoms with Crippen LogP contribution < -0.4 is 0 Å². The SMILES string of the molecule is Cc1sc(-c2ccccc2)cc1C1=C(c2sc3ccccc3c2C)C(F)(F)C(F)(F)C1(F)F. The van der Waals surface area contributed by atoms with Gasteiger partial charge in [0.25, 0.3) is 0 Å². The lowest BCUT2D eigenvalue weighted by atomic mass is 9.96. The molecule has 0 unspecified atom stereocenters. The van der Waals surface area contributed by atoms with Gasteiger partial charge in [0.05, 0.1) is 5.57 Å². The van der Waals surface area contributed by atoms with Gasteiger partial charge in [0.2, 0.25) is 0 Å². The predicted molar refractivity (Wildman–Crippen MR) is 123 cm³/mol. The quantitative estimate of drug-likeness (QED) is 0.249. The molecule has 170 valence electrons. The summed E-state index contributed by atoms with van der Waals surface area (Å²) in [6, 6.07) is 16.8. The molecule has 2 heterocycles. The van der Waals surface area contributed by atoms with E-state index < -0.39 is 28.9 Å². The van der Waals surface area contributed by atoms with E-state index in [9.17, 15) is 8.78 Å².